The van der Waals surface area contributed by atoms with Crippen LogP contribution in [-0.4, -0.2) is 62.7 Å². The molecule has 0 spiro atoms. The Hall–Kier alpha value is -3.18. The summed E-state index contributed by atoms with van der Waals surface area (Å²) >= 11 is 1.25. The third-order valence-electron chi connectivity index (χ3n) is 5.88. The molecule has 1 heterocycles. The fraction of sp³-hybridized carbons (Fsp3) is 0.259. The van der Waals surface area contributed by atoms with Gasteiger partial charge in [0.05, 0.1) is 9.60 Å². The number of fused-ring (bicyclic) bond motifs is 1. The summed E-state index contributed by atoms with van der Waals surface area (Å²) in [4.78, 5) is 21.6. The normalized spacial score (nSPS) is 11.9. The molecule has 1 amide bonds. The Kier molecular flexibility index (Phi) is 8.33. The maximum Gasteiger partial charge on any atom is 0.260 e. The number of sulfonamides is 1. The Balaban J connectivity index is 1.58. The van der Waals surface area contributed by atoms with E-state index in [4.69, 9.17) is 0 Å². The summed E-state index contributed by atoms with van der Waals surface area (Å²) in [5, 5.41) is 0.406. The lowest BCUT2D eigenvalue weighted by molar-refractivity contribution is 0.0986. The van der Waals surface area contributed by atoms with Crippen molar-refractivity contribution in [2.45, 2.75) is 17.9 Å². The summed E-state index contributed by atoms with van der Waals surface area (Å²) in [6, 6.07) is 20.0. The average Bonchev–Trinajstić information content (AvgIpc) is 3.32. The summed E-state index contributed by atoms with van der Waals surface area (Å²) in [7, 11) is 1.68. The molecule has 7 nitrogen and oxygen atoms in total. The number of benzene rings is 3. The van der Waals surface area contributed by atoms with E-state index in [-0.39, 0.29) is 22.9 Å². The first-order valence-corrected chi connectivity index (χ1v) is 14.0. The third-order valence-corrected chi connectivity index (χ3v) is 8.74. The predicted molar refractivity (Wildman–Crippen MR) is 146 cm³/mol. The van der Waals surface area contributed by atoms with Crippen LogP contribution >= 0.6 is 11.3 Å². The van der Waals surface area contributed by atoms with Gasteiger partial charge in [-0.25, -0.2) is 17.8 Å². The van der Waals surface area contributed by atoms with Crippen LogP contribution < -0.4 is 4.90 Å². The number of hydrogen-bond donors (Lipinski definition) is 0. The molecule has 0 fully saturated rings. The van der Waals surface area contributed by atoms with Crippen LogP contribution in [0.15, 0.2) is 77.7 Å². The molecule has 10 heteroatoms. The minimum absolute atomic E-state index is 0.101. The van der Waals surface area contributed by atoms with Crippen molar-refractivity contribution >= 4 is 42.6 Å². The quantitative estimate of drug-likeness (QED) is 0.287. The molecule has 4 aromatic rings. The van der Waals surface area contributed by atoms with Crippen LogP contribution in [0.5, 0.6) is 0 Å². The SMILES string of the molecule is CN(C)CCCN(C(=O)c1ccc(S(=O)(=O)N(C)Cc2ccccc2)cc1)c1nc2c(F)cccc2s1. The first-order chi connectivity index (χ1) is 17.7. The van der Waals surface area contributed by atoms with Crippen LogP contribution in [0, 0.1) is 5.82 Å². The standard InChI is InChI=1S/C27H29FN4O3S2/c1-30(2)17-8-18-32(27-29-25-23(28)11-7-12-24(25)36-27)26(33)21-13-15-22(16-14-21)37(34,35)31(3)19-20-9-5-4-6-10-20/h4-7,9-16H,8,17-19H2,1-3H3. The number of hydrogen-bond acceptors (Lipinski definition) is 6. The maximum absolute atomic E-state index is 14.3. The fourth-order valence-corrected chi connectivity index (χ4v) is 6.04. The Bertz CT molecular complexity index is 1470. The van der Waals surface area contributed by atoms with Crippen molar-refractivity contribution in [3.8, 4) is 0 Å². The monoisotopic (exact) mass is 540 g/mol. The number of thiazole rings is 1. The molecule has 0 saturated heterocycles. The van der Waals surface area contributed by atoms with Crippen molar-refractivity contribution in [3.63, 3.8) is 0 Å². The Labute approximate surface area is 220 Å². The van der Waals surface area contributed by atoms with E-state index in [1.54, 1.807) is 17.0 Å². The highest BCUT2D eigenvalue weighted by molar-refractivity contribution is 7.89. The summed E-state index contributed by atoms with van der Waals surface area (Å²) in [5.74, 6) is -0.755. The first kappa shape index (κ1) is 26.9. The van der Waals surface area contributed by atoms with Crippen molar-refractivity contribution in [3.05, 3.63) is 89.7 Å². The Morgan fingerprint density at radius 1 is 0.919 bits per heavy atom. The van der Waals surface area contributed by atoms with Gasteiger partial charge in [-0.2, -0.15) is 4.31 Å². The van der Waals surface area contributed by atoms with Gasteiger partial charge in [0.2, 0.25) is 10.0 Å². The van der Waals surface area contributed by atoms with E-state index in [0.29, 0.717) is 28.4 Å². The summed E-state index contributed by atoms with van der Waals surface area (Å²) < 4.78 is 42.4. The van der Waals surface area contributed by atoms with Crippen LogP contribution in [0.4, 0.5) is 9.52 Å². The summed E-state index contributed by atoms with van der Waals surface area (Å²) in [5.41, 5.74) is 1.44. The number of carbonyl (C=O) groups is 1. The maximum atomic E-state index is 14.3. The molecule has 0 atom stereocenters. The van der Waals surface area contributed by atoms with Crippen LogP contribution in [0.25, 0.3) is 10.2 Å². The lowest BCUT2D eigenvalue weighted by atomic mass is 10.2. The summed E-state index contributed by atoms with van der Waals surface area (Å²) in [6.45, 7) is 1.38. The minimum Gasteiger partial charge on any atom is -0.309 e. The van der Waals surface area contributed by atoms with Gasteiger partial charge in [0, 0.05) is 25.7 Å². The molecule has 4 rings (SSSR count). The molecule has 0 aliphatic heterocycles. The van der Waals surface area contributed by atoms with Crippen LogP contribution in [0.1, 0.15) is 22.3 Å². The van der Waals surface area contributed by atoms with E-state index in [1.165, 1.54) is 53.0 Å². The van der Waals surface area contributed by atoms with Gasteiger partial charge < -0.3 is 4.90 Å². The van der Waals surface area contributed by atoms with E-state index in [0.717, 1.165) is 12.1 Å². The number of para-hydroxylation sites is 1. The number of amides is 1. The molecule has 0 N–H and O–H groups in total. The van der Waals surface area contributed by atoms with E-state index in [9.17, 15) is 17.6 Å². The van der Waals surface area contributed by atoms with Gasteiger partial charge in [-0.3, -0.25) is 9.69 Å². The molecule has 3 aromatic carbocycles. The van der Waals surface area contributed by atoms with Gasteiger partial charge >= 0.3 is 0 Å². The number of halogens is 1. The van der Waals surface area contributed by atoms with Crippen LogP contribution in [0.3, 0.4) is 0 Å². The topological polar surface area (TPSA) is 73.8 Å². The molecule has 37 heavy (non-hydrogen) atoms. The van der Waals surface area contributed by atoms with Gasteiger partial charge in [0.25, 0.3) is 5.91 Å². The molecule has 0 aliphatic carbocycles. The third kappa shape index (κ3) is 6.22. The molecule has 194 valence electrons. The molecule has 0 bridgehead atoms. The van der Waals surface area contributed by atoms with Crippen LogP contribution in [0.2, 0.25) is 0 Å². The highest BCUT2D eigenvalue weighted by Gasteiger charge is 2.24. The number of anilines is 1. The number of aromatic nitrogens is 1. The average molecular weight is 541 g/mol. The van der Waals surface area contributed by atoms with Crippen molar-refractivity contribution in [2.75, 3.05) is 39.1 Å². The van der Waals surface area contributed by atoms with Crippen molar-refractivity contribution in [1.29, 1.82) is 0 Å². The smallest absolute Gasteiger partial charge is 0.260 e. The van der Waals surface area contributed by atoms with E-state index < -0.39 is 15.8 Å². The lowest BCUT2D eigenvalue weighted by Gasteiger charge is -2.21. The van der Waals surface area contributed by atoms with Gasteiger partial charge in [-0.05, 0) is 69.0 Å². The molecule has 0 unspecified atom stereocenters. The predicted octanol–water partition coefficient (Wildman–Crippen LogP) is 4.85. The second-order valence-corrected chi connectivity index (χ2v) is 12.0. The van der Waals surface area contributed by atoms with Crippen molar-refractivity contribution in [1.82, 2.24) is 14.2 Å². The highest BCUT2D eigenvalue weighted by Crippen LogP contribution is 2.31. The highest BCUT2D eigenvalue weighted by atomic mass is 32.2. The zero-order valence-corrected chi connectivity index (χ0v) is 22.6. The van der Waals surface area contributed by atoms with Crippen molar-refractivity contribution in [2.24, 2.45) is 0 Å². The zero-order chi connectivity index (χ0) is 26.6. The lowest BCUT2D eigenvalue weighted by Crippen LogP contribution is -2.33. The van der Waals surface area contributed by atoms with Gasteiger partial charge in [0.15, 0.2) is 5.13 Å². The zero-order valence-electron chi connectivity index (χ0n) is 21.0. The number of carbonyl (C=O) groups excluding carboxylic acids is 1. The Morgan fingerprint density at radius 3 is 2.27 bits per heavy atom. The summed E-state index contributed by atoms with van der Waals surface area (Å²) in [6.07, 6.45) is 0.688. The Morgan fingerprint density at radius 2 is 1.62 bits per heavy atom. The fourth-order valence-electron chi connectivity index (χ4n) is 3.88. The second kappa shape index (κ2) is 11.5. The van der Waals surface area contributed by atoms with Crippen LogP contribution in [-0.2, 0) is 16.6 Å². The molecular weight excluding hydrogens is 511 g/mol. The minimum atomic E-state index is -3.75. The van der Waals surface area contributed by atoms with E-state index >= 15 is 0 Å². The number of rotatable bonds is 10. The number of nitrogens with zero attached hydrogens (tertiary/aromatic N) is 4. The largest absolute Gasteiger partial charge is 0.309 e. The van der Waals surface area contributed by atoms with Crippen molar-refractivity contribution < 1.29 is 17.6 Å². The molecular formula is C27H29FN4O3S2. The van der Waals surface area contributed by atoms with Gasteiger partial charge in [-0.15, -0.1) is 0 Å². The van der Waals surface area contributed by atoms with E-state index in [2.05, 4.69) is 4.98 Å². The van der Waals surface area contributed by atoms with Gasteiger partial charge in [0.1, 0.15) is 11.3 Å². The molecule has 1 aromatic heterocycles. The van der Waals surface area contributed by atoms with Gasteiger partial charge in [-0.1, -0.05) is 47.7 Å². The first-order valence-electron chi connectivity index (χ1n) is 11.8. The second-order valence-electron chi connectivity index (χ2n) is 8.97. The van der Waals surface area contributed by atoms with E-state index in [1.807, 2.05) is 49.3 Å². The molecule has 0 saturated carbocycles. The molecule has 0 aliphatic rings. The molecule has 0 radical (unpaired) electrons.